The van der Waals surface area contributed by atoms with E-state index in [4.69, 9.17) is 0 Å². The van der Waals surface area contributed by atoms with Gasteiger partial charge in [0.25, 0.3) is 5.91 Å². The van der Waals surface area contributed by atoms with Crippen molar-refractivity contribution in [1.82, 2.24) is 5.32 Å². The van der Waals surface area contributed by atoms with Crippen LogP contribution in [0.3, 0.4) is 0 Å². The number of amides is 1. The molecule has 0 aromatic heterocycles. The number of hydrogen-bond donors (Lipinski definition) is 1. The molecule has 1 aliphatic carbocycles. The SMILES string of the molecule is Cc1cc(Br)cc(C(=O)NC2CCCC(C)C2C)c1. The van der Waals surface area contributed by atoms with Crippen molar-refractivity contribution in [2.24, 2.45) is 11.8 Å². The Bertz CT molecular complexity index is 452. The number of hydrogen-bond acceptors (Lipinski definition) is 1. The molecule has 0 spiro atoms. The Morgan fingerprint density at radius 2 is 2.00 bits per heavy atom. The van der Waals surface area contributed by atoms with Gasteiger partial charge in [-0.05, 0) is 48.9 Å². The molecule has 0 bridgehead atoms. The molecule has 1 N–H and O–H groups in total. The fourth-order valence-electron chi connectivity index (χ4n) is 2.90. The molecule has 3 heteroatoms. The second-order valence-electron chi connectivity index (χ2n) is 5.86. The molecular formula is C16H22BrNO. The highest BCUT2D eigenvalue weighted by Crippen LogP contribution is 2.29. The van der Waals surface area contributed by atoms with E-state index in [0.29, 0.717) is 17.9 Å². The Balaban J connectivity index is 2.08. The molecule has 19 heavy (non-hydrogen) atoms. The summed E-state index contributed by atoms with van der Waals surface area (Å²) in [5.74, 6) is 1.31. The summed E-state index contributed by atoms with van der Waals surface area (Å²) in [6.45, 7) is 6.54. The first kappa shape index (κ1) is 14.6. The fourth-order valence-corrected chi connectivity index (χ4v) is 3.51. The van der Waals surface area contributed by atoms with Crippen LogP contribution < -0.4 is 5.32 Å². The number of halogens is 1. The van der Waals surface area contributed by atoms with Crippen molar-refractivity contribution in [1.29, 1.82) is 0 Å². The van der Waals surface area contributed by atoms with Crippen LogP contribution in [-0.2, 0) is 0 Å². The number of nitrogens with one attached hydrogen (secondary N) is 1. The molecule has 3 atom stereocenters. The summed E-state index contributed by atoms with van der Waals surface area (Å²) in [6, 6.07) is 6.16. The Morgan fingerprint density at radius 3 is 2.68 bits per heavy atom. The molecule has 2 nitrogen and oxygen atoms in total. The van der Waals surface area contributed by atoms with Gasteiger partial charge in [0, 0.05) is 16.1 Å². The summed E-state index contributed by atoms with van der Waals surface area (Å²) >= 11 is 3.45. The van der Waals surface area contributed by atoms with Gasteiger partial charge in [-0.2, -0.15) is 0 Å². The number of rotatable bonds is 2. The van der Waals surface area contributed by atoms with Crippen LogP contribution in [0.1, 0.15) is 49.0 Å². The summed E-state index contributed by atoms with van der Waals surface area (Å²) in [4.78, 5) is 12.3. The van der Waals surface area contributed by atoms with E-state index in [1.54, 1.807) is 0 Å². The minimum atomic E-state index is 0.0513. The van der Waals surface area contributed by atoms with Gasteiger partial charge < -0.3 is 5.32 Å². The average Bonchev–Trinajstić information content (AvgIpc) is 2.33. The third kappa shape index (κ3) is 3.59. The molecular weight excluding hydrogens is 302 g/mol. The van der Waals surface area contributed by atoms with E-state index in [1.807, 2.05) is 25.1 Å². The van der Waals surface area contributed by atoms with Crippen molar-refractivity contribution < 1.29 is 4.79 Å². The zero-order chi connectivity index (χ0) is 14.0. The van der Waals surface area contributed by atoms with Crippen LogP contribution in [-0.4, -0.2) is 11.9 Å². The number of carbonyl (C=O) groups is 1. The van der Waals surface area contributed by atoms with Crippen LogP contribution in [0.5, 0.6) is 0 Å². The van der Waals surface area contributed by atoms with E-state index in [0.717, 1.165) is 22.0 Å². The van der Waals surface area contributed by atoms with Crippen LogP contribution >= 0.6 is 15.9 Å². The Labute approximate surface area is 124 Å². The maximum atomic E-state index is 12.3. The maximum absolute atomic E-state index is 12.3. The lowest BCUT2D eigenvalue weighted by molar-refractivity contribution is 0.0891. The Morgan fingerprint density at radius 1 is 1.26 bits per heavy atom. The number of benzene rings is 1. The standard InChI is InChI=1S/C16H22BrNO/c1-10-7-13(9-14(17)8-10)16(19)18-15-6-4-5-11(2)12(15)3/h7-9,11-12,15H,4-6H2,1-3H3,(H,18,19). The topological polar surface area (TPSA) is 29.1 Å². The van der Waals surface area contributed by atoms with Gasteiger partial charge in [0.2, 0.25) is 0 Å². The van der Waals surface area contributed by atoms with Crippen LogP contribution in [0.15, 0.2) is 22.7 Å². The minimum absolute atomic E-state index is 0.0513. The van der Waals surface area contributed by atoms with Crippen LogP contribution in [0.2, 0.25) is 0 Å². The van der Waals surface area contributed by atoms with E-state index in [9.17, 15) is 4.79 Å². The maximum Gasteiger partial charge on any atom is 0.251 e. The van der Waals surface area contributed by atoms with Gasteiger partial charge in [-0.3, -0.25) is 4.79 Å². The Kier molecular flexibility index (Phi) is 4.67. The first-order valence-corrected chi connectivity index (χ1v) is 7.84. The second kappa shape index (κ2) is 6.08. The van der Waals surface area contributed by atoms with Crippen LogP contribution in [0, 0.1) is 18.8 Å². The van der Waals surface area contributed by atoms with Gasteiger partial charge in [-0.1, -0.05) is 42.6 Å². The lowest BCUT2D eigenvalue weighted by Gasteiger charge is -2.34. The molecule has 3 unspecified atom stereocenters. The molecule has 0 aliphatic heterocycles. The molecule has 0 radical (unpaired) electrons. The third-order valence-corrected chi connectivity index (χ3v) is 4.79. The highest BCUT2D eigenvalue weighted by atomic mass is 79.9. The monoisotopic (exact) mass is 323 g/mol. The van der Waals surface area contributed by atoms with Crippen molar-refractivity contribution >= 4 is 21.8 Å². The number of carbonyl (C=O) groups excluding carboxylic acids is 1. The van der Waals surface area contributed by atoms with Gasteiger partial charge in [-0.25, -0.2) is 0 Å². The first-order valence-electron chi connectivity index (χ1n) is 7.05. The molecule has 1 aromatic carbocycles. The molecule has 1 saturated carbocycles. The largest absolute Gasteiger partial charge is 0.349 e. The minimum Gasteiger partial charge on any atom is -0.349 e. The lowest BCUT2D eigenvalue weighted by atomic mass is 9.78. The smallest absolute Gasteiger partial charge is 0.251 e. The van der Waals surface area contributed by atoms with Gasteiger partial charge in [0.1, 0.15) is 0 Å². The van der Waals surface area contributed by atoms with Crippen molar-refractivity contribution in [3.8, 4) is 0 Å². The van der Waals surface area contributed by atoms with Crippen molar-refractivity contribution in [3.05, 3.63) is 33.8 Å². The predicted molar refractivity (Wildman–Crippen MR) is 82.3 cm³/mol. The van der Waals surface area contributed by atoms with Crippen LogP contribution in [0.4, 0.5) is 0 Å². The Hall–Kier alpha value is -0.830. The van der Waals surface area contributed by atoms with Gasteiger partial charge in [0.05, 0.1) is 0 Å². The molecule has 1 amide bonds. The third-order valence-electron chi connectivity index (χ3n) is 4.33. The van der Waals surface area contributed by atoms with Crippen LogP contribution in [0.25, 0.3) is 0 Å². The van der Waals surface area contributed by atoms with E-state index in [2.05, 4.69) is 35.1 Å². The summed E-state index contributed by atoms with van der Waals surface area (Å²) in [5, 5.41) is 3.21. The summed E-state index contributed by atoms with van der Waals surface area (Å²) in [6.07, 6.45) is 3.60. The summed E-state index contributed by atoms with van der Waals surface area (Å²) < 4.78 is 0.961. The van der Waals surface area contributed by atoms with Gasteiger partial charge in [-0.15, -0.1) is 0 Å². The van der Waals surface area contributed by atoms with Gasteiger partial charge >= 0.3 is 0 Å². The van der Waals surface area contributed by atoms with Crippen molar-refractivity contribution in [2.45, 2.75) is 46.1 Å². The summed E-state index contributed by atoms with van der Waals surface area (Å²) in [7, 11) is 0. The lowest BCUT2D eigenvalue weighted by Crippen LogP contribution is -2.43. The van der Waals surface area contributed by atoms with E-state index in [-0.39, 0.29) is 5.91 Å². The first-order chi connectivity index (χ1) is 8.97. The molecule has 2 rings (SSSR count). The molecule has 0 heterocycles. The van der Waals surface area contributed by atoms with Crippen molar-refractivity contribution in [2.75, 3.05) is 0 Å². The quantitative estimate of drug-likeness (QED) is 0.863. The second-order valence-corrected chi connectivity index (χ2v) is 6.78. The molecule has 0 saturated heterocycles. The van der Waals surface area contributed by atoms with E-state index >= 15 is 0 Å². The van der Waals surface area contributed by atoms with Crippen molar-refractivity contribution in [3.63, 3.8) is 0 Å². The van der Waals surface area contributed by atoms with E-state index < -0.39 is 0 Å². The normalized spacial score (nSPS) is 27.1. The van der Waals surface area contributed by atoms with E-state index in [1.165, 1.54) is 12.8 Å². The molecule has 1 aromatic rings. The highest BCUT2D eigenvalue weighted by Gasteiger charge is 2.28. The summed E-state index contributed by atoms with van der Waals surface area (Å²) in [5.41, 5.74) is 1.85. The molecule has 1 fully saturated rings. The highest BCUT2D eigenvalue weighted by molar-refractivity contribution is 9.10. The predicted octanol–water partition coefficient (Wildman–Crippen LogP) is 4.31. The number of aryl methyl sites for hydroxylation is 1. The average molecular weight is 324 g/mol. The zero-order valence-electron chi connectivity index (χ0n) is 11.9. The molecule has 1 aliphatic rings. The fraction of sp³-hybridized carbons (Fsp3) is 0.562. The van der Waals surface area contributed by atoms with Gasteiger partial charge in [0.15, 0.2) is 0 Å². The molecule has 104 valence electrons. The zero-order valence-corrected chi connectivity index (χ0v) is 13.5.